The number of nitrogens with zero attached hydrogens (tertiary/aromatic N) is 1. The summed E-state index contributed by atoms with van der Waals surface area (Å²) in [6, 6.07) is 16.9. The average Bonchev–Trinajstić information content (AvgIpc) is 2.61. The van der Waals surface area contributed by atoms with Crippen molar-refractivity contribution in [2.45, 2.75) is 0 Å². The molecule has 0 aliphatic heterocycles. The van der Waals surface area contributed by atoms with Gasteiger partial charge in [0.1, 0.15) is 5.75 Å². The summed E-state index contributed by atoms with van der Waals surface area (Å²) < 4.78 is 0. The summed E-state index contributed by atoms with van der Waals surface area (Å²) in [7, 11) is 1.84. The molecule has 0 amide bonds. The van der Waals surface area contributed by atoms with E-state index in [1.165, 1.54) is 6.21 Å². The Morgan fingerprint density at radius 3 is 2.65 bits per heavy atom. The summed E-state index contributed by atoms with van der Waals surface area (Å²) in [6.45, 7) is 0. The van der Waals surface area contributed by atoms with Gasteiger partial charge in [0, 0.05) is 41.8 Å². The number of pyridine rings is 1. The lowest BCUT2D eigenvalue weighted by Crippen LogP contribution is -1.96. The number of benzene rings is 2. The zero-order chi connectivity index (χ0) is 16.2. The molecule has 1 heterocycles. The third-order valence-electron chi connectivity index (χ3n) is 3.72. The normalized spacial score (nSPS) is 10.3. The van der Waals surface area contributed by atoms with Crippen LogP contribution >= 0.6 is 0 Å². The quantitative estimate of drug-likeness (QED) is 0.634. The van der Waals surface area contributed by atoms with Crippen LogP contribution in [-0.4, -0.2) is 23.4 Å². The number of rotatable bonds is 4. The number of phenols is 1. The maximum Gasteiger partial charge on any atom is 0.116 e. The minimum Gasteiger partial charge on any atom is -0.508 e. The molecule has 3 rings (SSSR count). The lowest BCUT2D eigenvalue weighted by atomic mass is 9.97. The van der Waals surface area contributed by atoms with Gasteiger partial charge in [-0.1, -0.05) is 30.3 Å². The van der Waals surface area contributed by atoms with Gasteiger partial charge in [-0.2, -0.15) is 0 Å². The first-order valence-electron chi connectivity index (χ1n) is 7.30. The molecule has 0 bridgehead atoms. The van der Waals surface area contributed by atoms with Crippen molar-refractivity contribution in [3.63, 3.8) is 0 Å². The highest BCUT2D eigenvalue weighted by atomic mass is 16.3. The SMILES string of the molecule is CNc1cc(-c2cccnc2-c2cccc(O)c2)ccc1C=N. The van der Waals surface area contributed by atoms with Crippen LogP contribution in [-0.2, 0) is 0 Å². The number of phenolic OH excluding ortho intramolecular Hbond substituents is 1. The zero-order valence-electron chi connectivity index (χ0n) is 12.7. The van der Waals surface area contributed by atoms with Crippen molar-refractivity contribution in [3.05, 3.63) is 66.4 Å². The van der Waals surface area contributed by atoms with Gasteiger partial charge >= 0.3 is 0 Å². The minimum absolute atomic E-state index is 0.217. The van der Waals surface area contributed by atoms with Crippen molar-refractivity contribution >= 4 is 11.9 Å². The maximum absolute atomic E-state index is 9.72. The van der Waals surface area contributed by atoms with Gasteiger partial charge in [-0.3, -0.25) is 4.98 Å². The Balaban J connectivity index is 2.16. The molecule has 4 nitrogen and oxygen atoms in total. The van der Waals surface area contributed by atoms with Crippen LogP contribution in [0.3, 0.4) is 0 Å². The second-order valence-electron chi connectivity index (χ2n) is 5.15. The van der Waals surface area contributed by atoms with Crippen molar-refractivity contribution in [2.24, 2.45) is 0 Å². The van der Waals surface area contributed by atoms with Crippen LogP contribution < -0.4 is 5.32 Å². The fourth-order valence-corrected chi connectivity index (χ4v) is 2.59. The topological polar surface area (TPSA) is 69.0 Å². The first-order chi connectivity index (χ1) is 11.2. The lowest BCUT2D eigenvalue weighted by Gasteiger charge is -2.12. The molecule has 114 valence electrons. The zero-order valence-corrected chi connectivity index (χ0v) is 12.7. The smallest absolute Gasteiger partial charge is 0.116 e. The van der Waals surface area contributed by atoms with Gasteiger partial charge in [0.25, 0.3) is 0 Å². The molecule has 0 spiro atoms. The fraction of sp³-hybridized carbons (Fsp3) is 0.0526. The predicted octanol–water partition coefficient (Wildman–Crippen LogP) is 4.16. The van der Waals surface area contributed by atoms with E-state index >= 15 is 0 Å². The molecular formula is C19H17N3O. The van der Waals surface area contributed by atoms with Crippen LogP contribution in [0.15, 0.2) is 60.8 Å². The molecule has 0 aliphatic carbocycles. The van der Waals surface area contributed by atoms with Crippen molar-refractivity contribution in [2.75, 3.05) is 12.4 Å². The third kappa shape index (κ3) is 2.92. The van der Waals surface area contributed by atoms with Crippen LogP contribution in [0.2, 0.25) is 0 Å². The number of aromatic nitrogens is 1. The van der Waals surface area contributed by atoms with Gasteiger partial charge < -0.3 is 15.8 Å². The molecule has 3 aromatic rings. The van der Waals surface area contributed by atoms with Crippen molar-refractivity contribution in [1.29, 1.82) is 5.41 Å². The highest BCUT2D eigenvalue weighted by Crippen LogP contribution is 2.33. The fourth-order valence-electron chi connectivity index (χ4n) is 2.59. The molecule has 0 unspecified atom stereocenters. The van der Waals surface area contributed by atoms with E-state index in [4.69, 9.17) is 5.41 Å². The van der Waals surface area contributed by atoms with E-state index in [1.807, 2.05) is 43.4 Å². The second kappa shape index (κ2) is 6.32. The summed E-state index contributed by atoms with van der Waals surface area (Å²) in [6.07, 6.45) is 3.07. The van der Waals surface area contributed by atoms with E-state index < -0.39 is 0 Å². The monoisotopic (exact) mass is 303 g/mol. The second-order valence-corrected chi connectivity index (χ2v) is 5.15. The van der Waals surface area contributed by atoms with Gasteiger partial charge in [0.15, 0.2) is 0 Å². The number of nitrogens with one attached hydrogen (secondary N) is 2. The third-order valence-corrected chi connectivity index (χ3v) is 3.72. The van der Waals surface area contributed by atoms with E-state index in [2.05, 4.69) is 10.3 Å². The van der Waals surface area contributed by atoms with E-state index in [0.29, 0.717) is 0 Å². The van der Waals surface area contributed by atoms with E-state index in [9.17, 15) is 5.11 Å². The Labute approximate surface area is 135 Å². The standard InChI is InChI=1S/C19H17N3O/c1-21-18-11-13(7-8-15(18)12-20)17-6-3-9-22-19(17)14-4-2-5-16(23)10-14/h2-12,20-21,23H,1H3. The molecule has 0 fully saturated rings. The van der Waals surface area contributed by atoms with Crippen LogP contribution in [0.4, 0.5) is 5.69 Å². The highest BCUT2D eigenvalue weighted by Gasteiger charge is 2.10. The molecule has 3 N–H and O–H groups in total. The summed E-state index contributed by atoms with van der Waals surface area (Å²) in [4.78, 5) is 4.49. The number of hydrogen-bond acceptors (Lipinski definition) is 4. The number of aromatic hydroxyl groups is 1. The van der Waals surface area contributed by atoms with E-state index in [1.54, 1.807) is 24.4 Å². The summed E-state index contributed by atoms with van der Waals surface area (Å²) >= 11 is 0. The van der Waals surface area contributed by atoms with Crippen LogP contribution in [0, 0.1) is 5.41 Å². The summed E-state index contributed by atoms with van der Waals surface area (Å²) in [5.41, 5.74) is 5.38. The Morgan fingerprint density at radius 1 is 1.04 bits per heavy atom. The van der Waals surface area contributed by atoms with E-state index in [-0.39, 0.29) is 5.75 Å². The van der Waals surface area contributed by atoms with Gasteiger partial charge in [0.05, 0.1) is 5.69 Å². The molecule has 2 aromatic carbocycles. The number of hydrogen-bond donors (Lipinski definition) is 3. The maximum atomic E-state index is 9.72. The predicted molar refractivity (Wildman–Crippen MR) is 94.2 cm³/mol. The Kier molecular flexibility index (Phi) is 4.06. The van der Waals surface area contributed by atoms with Gasteiger partial charge in [0.2, 0.25) is 0 Å². The molecule has 4 heteroatoms. The van der Waals surface area contributed by atoms with Gasteiger partial charge in [-0.15, -0.1) is 0 Å². The first-order valence-corrected chi connectivity index (χ1v) is 7.30. The summed E-state index contributed by atoms with van der Waals surface area (Å²) in [5, 5.41) is 20.3. The molecule has 0 saturated carbocycles. The molecular weight excluding hydrogens is 286 g/mol. The van der Waals surface area contributed by atoms with E-state index in [0.717, 1.165) is 33.6 Å². The molecule has 0 aliphatic rings. The van der Waals surface area contributed by atoms with Crippen LogP contribution in [0.1, 0.15) is 5.56 Å². The molecule has 0 atom stereocenters. The Morgan fingerprint density at radius 2 is 1.91 bits per heavy atom. The van der Waals surface area contributed by atoms with Crippen molar-refractivity contribution in [1.82, 2.24) is 4.98 Å². The van der Waals surface area contributed by atoms with Gasteiger partial charge in [-0.05, 0) is 29.8 Å². The molecule has 1 aromatic heterocycles. The number of anilines is 1. The largest absolute Gasteiger partial charge is 0.508 e. The average molecular weight is 303 g/mol. The van der Waals surface area contributed by atoms with Crippen molar-refractivity contribution in [3.8, 4) is 28.1 Å². The molecule has 23 heavy (non-hydrogen) atoms. The summed E-state index contributed by atoms with van der Waals surface area (Å²) in [5.74, 6) is 0.217. The van der Waals surface area contributed by atoms with Crippen LogP contribution in [0.5, 0.6) is 5.75 Å². The van der Waals surface area contributed by atoms with Crippen molar-refractivity contribution < 1.29 is 5.11 Å². The Hall–Kier alpha value is -3.14. The molecule has 0 saturated heterocycles. The molecule has 0 radical (unpaired) electrons. The first kappa shape index (κ1) is 14.8. The van der Waals surface area contributed by atoms with Gasteiger partial charge in [-0.25, -0.2) is 0 Å². The minimum atomic E-state index is 0.217. The lowest BCUT2D eigenvalue weighted by molar-refractivity contribution is 0.475. The highest BCUT2D eigenvalue weighted by molar-refractivity contribution is 5.90. The Bertz CT molecular complexity index is 859. The van der Waals surface area contributed by atoms with Crippen LogP contribution in [0.25, 0.3) is 22.4 Å².